The van der Waals surface area contributed by atoms with E-state index in [1.165, 1.54) is 25.6 Å². The van der Waals surface area contributed by atoms with Gasteiger partial charge in [0, 0.05) is 18.0 Å². The molecule has 1 N–H and O–H groups in total. The fourth-order valence-corrected chi connectivity index (χ4v) is 3.34. The zero-order valence-electron chi connectivity index (χ0n) is 19.2. The van der Waals surface area contributed by atoms with E-state index in [0.29, 0.717) is 22.7 Å². The summed E-state index contributed by atoms with van der Waals surface area (Å²) in [5.41, 5.74) is 1.97. The number of esters is 1. The lowest BCUT2D eigenvalue weighted by molar-refractivity contribution is -0.125. The van der Waals surface area contributed by atoms with Crippen LogP contribution in [0.15, 0.2) is 91.4 Å². The van der Waals surface area contributed by atoms with Crippen molar-refractivity contribution < 1.29 is 23.8 Å². The van der Waals surface area contributed by atoms with E-state index in [4.69, 9.17) is 14.2 Å². The van der Waals surface area contributed by atoms with Crippen LogP contribution < -0.4 is 14.8 Å². The number of nitrogens with zero attached hydrogens (tertiary/aromatic N) is 2. The number of methoxy groups -OCH3 is 1. The van der Waals surface area contributed by atoms with Crippen LogP contribution >= 0.6 is 0 Å². The monoisotopic (exact) mass is 469 g/mol. The van der Waals surface area contributed by atoms with Gasteiger partial charge in [0.2, 0.25) is 12.0 Å². The van der Waals surface area contributed by atoms with Crippen LogP contribution in [0.1, 0.15) is 27.6 Å². The van der Waals surface area contributed by atoms with Crippen molar-refractivity contribution in [1.82, 2.24) is 9.97 Å². The normalized spacial score (nSPS) is 11.3. The molecule has 2 aromatic carbocycles. The smallest absolute Gasteiger partial charge is 0.344 e. The van der Waals surface area contributed by atoms with Gasteiger partial charge < -0.3 is 19.5 Å². The Kier molecular flexibility index (Phi) is 7.32. The second-order valence-electron chi connectivity index (χ2n) is 7.54. The van der Waals surface area contributed by atoms with Gasteiger partial charge >= 0.3 is 5.97 Å². The zero-order valence-corrected chi connectivity index (χ0v) is 19.2. The summed E-state index contributed by atoms with van der Waals surface area (Å²) < 4.78 is 16.8. The lowest BCUT2D eigenvalue weighted by Gasteiger charge is -2.20. The molecule has 0 radical (unpaired) electrons. The van der Waals surface area contributed by atoms with Gasteiger partial charge in [-0.15, -0.1) is 0 Å². The average Bonchev–Trinajstić information content (AvgIpc) is 2.88. The van der Waals surface area contributed by atoms with E-state index in [1.807, 2.05) is 19.1 Å². The number of amides is 1. The molecule has 4 rings (SSSR count). The van der Waals surface area contributed by atoms with Crippen molar-refractivity contribution in [3.05, 3.63) is 108 Å². The largest absolute Gasteiger partial charge is 0.495 e. The van der Waals surface area contributed by atoms with Crippen LogP contribution in [0.3, 0.4) is 0 Å². The van der Waals surface area contributed by atoms with Crippen molar-refractivity contribution in [3.8, 4) is 17.4 Å². The molecule has 0 aliphatic heterocycles. The lowest BCUT2D eigenvalue weighted by atomic mass is 10.1. The Morgan fingerprint density at radius 2 is 1.74 bits per heavy atom. The van der Waals surface area contributed by atoms with Crippen LogP contribution in [-0.4, -0.2) is 29.0 Å². The van der Waals surface area contributed by atoms with Gasteiger partial charge in [0.15, 0.2) is 0 Å². The second-order valence-corrected chi connectivity index (χ2v) is 7.54. The number of rotatable bonds is 8. The second kappa shape index (κ2) is 10.9. The first-order valence-corrected chi connectivity index (χ1v) is 10.8. The van der Waals surface area contributed by atoms with Gasteiger partial charge in [-0.2, -0.15) is 0 Å². The SMILES string of the molecule is COc1ccc(C)cc1NC(=O)C(OC(=O)c1cccnc1Oc1cccnc1)c1ccccc1. The van der Waals surface area contributed by atoms with Gasteiger partial charge in [-0.05, 0) is 48.9 Å². The molecule has 0 aliphatic rings. The first-order valence-electron chi connectivity index (χ1n) is 10.8. The molecule has 1 atom stereocenters. The third-order valence-electron chi connectivity index (χ3n) is 5.02. The quantitative estimate of drug-likeness (QED) is 0.357. The van der Waals surface area contributed by atoms with E-state index in [2.05, 4.69) is 15.3 Å². The van der Waals surface area contributed by atoms with E-state index in [-0.39, 0.29) is 11.4 Å². The number of hydrogen-bond acceptors (Lipinski definition) is 7. The van der Waals surface area contributed by atoms with E-state index >= 15 is 0 Å². The van der Waals surface area contributed by atoms with Crippen molar-refractivity contribution in [3.63, 3.8) is 0 Å². The minimum absolute atomic E-state index is 0.0399. The van der Waals surface area contributed by atoms with Crippen molar-refractivity contribution in [2.24, 2.45) is 0 Å². The number of anilines is 1. The van der Waals surface area contributed by atoms with Crippen molar-refractivity contribution in [1.29, 1.82) is 0 Å². The minimum Gasteiger partial charge on any atom is -0.495 e. The van der Waals surface area contributed by atoms with E-state index < -0.39 is 18.0 Å². The van der Waals surface area contributed by atoms with Crippen LogP contribution in [0, 0.1) is 6.92 Å². The number of aromatic nitrogens is 2. The molecule has 0 fully saturated rings. The summed E-state index contributed by atoms with van der Waals surface area (Å²) >= 11 is 0. The predicted molar refractivity (Wildman–Crippen MR) is 130 cm³/mol. The molecule has 8 heteroatoms. The minimum atomic E-state index is -1.24. The molecule has 8 nitrogen and oxygen atoms in total. The molecule has 0 saturated carbocycles. The molecule has 0 spiro atoms. The molecule has 2 heterocycles. The number of hydrogen-bond donors (Lipinski definition) is 1. The Morgan fingerprint density at radius 1 is 0.943 bits per heavy atom. The van der Waals surface area contributed by atoms with Crippen LogP contribution in [-0.2, 0) is 9.53 Å². The van der Waals surface area contributed by atoms with Gasteiger partial charge in [0.25, 0.3) is 5.91 Å². The molecule has 1 unspecified atom stereocenters. The van der Waals surface area contributed by atoms with Gasteiger partial charge in [0.05, 0.1) is 19.0 Å². The fourth-order valence-electron chi connectivity index (χ4n) is 3.34. The van der Waals surface area contributed by atoms with Crippen LogP contribution in [0.2, 0.25) is 0 Å². The fraction of sp³-hybridized carbons (Fsp3) is 0.111. The van der Waals surface area contributed by atoms with Crippen molar-refractivity contribution in [2.45, 2.75) is 13.0 Å². The van der Waals surface area contributed by atoms with Crippen LogP contribution in [0.25, 0.3) is 0 Å². The summed E-state index contributed by atoms with van der Waals surface area (Å²) in [5, 5.41) is 2.82. The number of nitrogens with one attached hydrogen (secondary N) is 1. The Hall–Kier alpha value is -4.72. The van der Waals surface area contributed by atoms with Crippen LogP contribution in [0.5, 0.6) is 17.4 Å². The number of carbonyl (C=O) groups excluding carboxylic acids is 2. The Bertz CT molecular complexity index is 1310. The maximum atomic E-state index is 13.3. The Morgan fingerprint density at radius 3 is 2.49 bits per heavy atom. The van der Waals surface area contributed by atoms with Crippen molar-refractivity contribution >= 4 is 17.6 Å². The van der Waals surface area contributed by atoms with Crippen LogP contribution in [0.4, 0.5) is 5.69 Å². The average molecular weight is 469 g/mol. The molecule has 2 aromatic heterocycles. The highest BCUT2D eigenvalue weighted by Gasteiger charge is 2.28. The lowest BCUT2D eigenvalue weighted by Crippen LogP contribution is -2.26. The highest BCUT2D eigenvalue weighted by atomic mass is 16.6. The number of carbonyl (C=O) groups is 2. The number of pyridine rings is 2. The molecule has 0 saturated heterocycles. The van der Waals surface area contributed by atoms with E-state index in [9.17, 15) is 9.59 Å². The number of benzene rings is 2. The molecule has 35 heavy (non-hydrogen) atoms. The summed E-state index contributed by atoms with van der Waals surface area (Å²) in [4.78, 5) is 34.7. The summed E-state index contributed by atoms with van der Waals surface area (Å²) in [6.07, 6.45) is 3.36. The molecule has 0 aliphatic carbocycles. The highest BCUT2D eigenvalue weighted by Crippen LogP contribution is 2.29. The summed E-state index contributed by atoms with van der Waals surface area (Å²) in [6, 6.07) is 20.6. The zero-order chi connectivity index (χ0) is 24.6. The Balaban J connectivity index is 1.61. The maximum Gasteiger partial charge on any atom is 0.344 e. The summed E-state index contributed by atoms with van der Waals surface area (Å²) in [7, 11) is 1.52. The Labute approximate surface area is 202 Å². The predicted octanol–water partition coefficient (Wildman–Crippen LogP) is 5.12. The first-order chi connectivity index (χ1) is 17.0. The number of ether oxygens (including phenoxy) is 3. The van der Waals surface area contributed by atoms with Gasteiger partial charge in [0.1, 0.15) is 17.1 Å². The molecular weight excluding hydrogens is 446 g/mol. The topological polar surface area (TPSA) is 99.6 Å². The van der Waals surface area contributed by atoms with Gasteiger partial charge in [-0.3, -0.25) is 9.78 Å². The standard InChI is InChI=1S/C27H23N3O5/c1-18-12-13-23(33-2)22(16-18)30-25(31)24(19-8-4-3-5-9-19)35-27(32)21-11-7-15-29-26(21)34-20-10-6-14-28-17-20/h3-17,24H,1-2H3,(H,30,31). The summed E-state index contributed by atoms with van der Waals surface area (Å²) in [6.45, 7) is 1.90. The maximum absolute atomic E-state index is 13.3. The molecule has 0 bridgehead atoms. The third-order valence-corrected chi connectivity index (χ3v) is 5.02. The third kappa shape index (κ3) is 5.80. The summed E-state index contributed by atoms with van der Waals surface area (Å²) in [5.74, 6) is -0.368. The highest BCUT2D eigenvalue weighted by molar-refractivity contribution is 5.99. The van der Waals surface area contributed by atoms with E-state index in [0.717, 1.165) is 5.56 Å². The van der Waals surface area contributed by atoms with E-state index in [1.54, 1.807) is 60.8 Å². The first kappa shape index (κ1) is 23.4. The molecule has 176 valence electrons. The van der Waals surface area contributed by atoms with Crippen molar-refractivity contribution in [2.75, 3.05) is 12.4 Å². The molecule has 1 amide bonds. The van der Waals surface area contributed by atoms with Gasteiger partial charge in [-0.1, -0.05) is 36.4 Å². The number of aryl methyl sites for hydroxylation is 1. The van der Waals surface area contributed by atoms with Gasteiger partial charge in [-0.25, -0.2) is 9.78 Å². The molecular formula is C27H23N3O5. The molecule has 4 aromatic rings.